The lowest BCUT2D eigenvalue weighted by Crippen LogP contribution is -2.32. The summed E-state index contributed by atoms with van der Waals surface area (Å²) in [5.74, 6) is 0. The molecule has 0 saturated heterocycles. The standard InChI is InChI=1S/C16H33NO/c1-5-7-9-11-13-16(3,12-10-8-6-2)14-17(4)15-18/h15H,5-14H2,1-4H3. The second-order valence-electron chi connectivity index (χ2n) is 6.10. The predicted octanol–water partition coefficient (Wildman–Crippen LogP) is 4.63. The molecule has 0 aliphatic carbocycles. The van der Waals surface area contributed by atoms with Gasteiger partial charge in [0.2, 0.25) is 6.41 Å². The van der Waals surface area contributed by atoms with E-state index >= 15 is 0 Å². The molecule has 0 aliphatic rings. The first-order valence-corrected chi connectivity index (χ1v) is 7.73. The van der Waals surface area contributed by atoms with Crippen LogP contribution in [-0.2, 0) is 4.79 Å². The number of unbranched alkanes of at least 4 members (excludes halogenated alkanes) is 5. The number of carbonyl (C=O) groups excluding carboxylic acids is 1. The molecule has 0 aliphatic heterocycles. The van der Waals surface area contributed by atoms with Crippen LogP contribution < -0.4 is 0 Å². The van der Waals surface area contributed by atoms with Crippen LogP contribution in [0.2, 0.25) is 0 Å². The van der Waals surface area contributed by atoms with Crippen LogP contribution in [-0.4, -0.2) is 24.9 Å². The van der Waals surface area contributed by atoms with E-state index in [1.54, 1.807) is 0 Å². The Hall–Kier alpha value is -0.530. The Kier molecular flexibility index (Phi) is 10.1. The first-order chi connectivity index (χ1) is 8.58. The fourth-order valence-corrected chi connectivity index (χ4v) is 2.70. The van der Waals surface area contributed by atoms with Crippen molar-refractivity contribution in [3.8, 4) is 0 Å². The summed E-state index contributed by atoms with van der Waals surface area (Å²) in [5.41, 5.74) is 0.318. The second-order valence-corrected chi connectivity index (χ2v) is 6.10. The molecule has 0 rings (SSSR count). The van der Waals surface area contributed by atoms with E-state index in [1.807, 2.05) is 11.9 Å². The molecule has 0 bridgehead atoms. The Bertz CT molecular complexity index is 205. The number of nitrogens with zero attached hydrogens (tertiary/aromatic N) is 1. The third-order valence-corrected chi connectivity index (χ3v) is 3.83. The minimum atomic E-state index is 0.318. The monoisotopic (exact) mass is 255 g/mol. The van der Waals surface area contributed by atoms with E-state index in [0.717, 1.165) is 13.0 Å². The van der Waals surface area contributed by atoms with Crippen LogP contribution >= 0.6 is 0 Å². The molecule has 0 fully saturated rings. The molecule has 0 aromatic rings. The Balaban J connectivity index is 4.15. The maximum Gasteiger partial charge on any atom is 0.209 e. The minimum Gasteiger partial charge on any atom is -0.348 e. The highest BCUT2D eigenvalue weighted by Crippen LogP contribution is 2.31. The van der Waals surface area contributed by atoms with Crippen molar-refractivity contribution in [2.45, 2.75) is 78.6 Å². The summed E-state index contributed by atoms with van der Waals surface area (Å²) in [6.07, 6.45) is 12.6. The molecule has 0 radical (unpaired) electrons. The number of hydrogen-bond acceptors (Lipinski definition) is 1. The fourth-order valence-electron chi connectivity index (χ4n) is 2.70. The Labute approximate surface area is 114 Å². The number of amides is 1. The van der Waals surface area contributed by atoms with Gasteiger partial charge in [0.25, 0.3) is 0 Å². The quantitative estimate of drug-likeness (QED) is 0.368. The molecule has 2 heteroatoms. The van der Waals surface area contributed by atoms with Crippen LogP contribution in [0.5, 0.6) is 0 Å². The van der Waals surface area contributed by atoms with Crippen LogP contribution in [0.3, 0.4) is 0 Å². The summed E-state index contributed by atoms with van der Waals surface area (Å²) in [7, 11) is 1.90. The topological polar surface area (TPSA) is 20.3 Å². The van der Waals surface area contributed by atoms with Gasteiger partial charge in [-0.25, -0.2) is 0 Å². The van der Waals surface area contributed by atoms with Gasteiger partial charge in [0, 0.05) is 13.6 Å². The Morgan fingerprint density at radius 2 is 1.44 bits per heavy atom. The van der Waals surface area contributed by atoms with E-state index < -0.39 is 0 Å². The zero-order chi connectivity index (χ0) is 13.9. The van der Waals surface area contributed by atoms with E-state index in [-0.39, 0.29) is 0 Å². The summed E-state index contributed by atoms with van der Waals surface area (Å²) in [6.45, 7) is 7.76. The van der Waals surface area contributed by atoms with E-state index in [1.165, 1.54) is 57.8 Å². The van der Waals surface area contributed by atoms with Gasteiger partial charge in [-0.15, -0.1) is 0 Å². The lowest BCUT2D eigenvalue weighted by molar-refractivity contribution is -0.118. The second kappa shape index (κ2) is 10.4. The molecule has 1 amide bonds. The van der Waals surface area contributed by atoms with Crippen molar-refractivity contribution >= 4 is 6.41 Å². The van der Waals surface area contributed by atoms with Gasteiger partial charge in [0.05, 0.1) is 0 Å². The lowest BCUT2D eigenvalue weighted by atomic mass is 9.79. The maximum atomic E-state index is 10.8. The molecule has 0 saturated carbocycles. The van der Waals surface area contributed by atoms with Crippen molar-refractivity contribution in [3.63, 3.8) is 0 Å². The van der Waals surface area contributed by atoms with Gasteiger partial charge in [-0.05, 0) is 18.3 Å². The zero-order valence-corrected chi connectivity index (χ0v) is 13.0. The van der Waals surface area contributed by atoms with Crippen molar-refractivity contribution in [3.05, 3.63) is 0 Å². The van der Waals surface area contributed by atoms with Crippen LogP contribution in [0.15, 0.2) is 0 Å². The zero-order valence-electron chi connectivity index (χ0n) is 13.0. The number of carbonyl (C=O) groups is 1. The summed E-state index contributed by atoms with van der Waals surface area (Å²) in [4.78, 5) is 12.6. The Morgan fingerprint density at radius 3 is 1.94 bits per heavy atom. The molecular formula is C16H33NO. The fraction of sp³-hybridized carbons (Fsp3) is 0.938. The van der Waals surface area contributed by atoms with Crippen LogP contribution in [0.1, 0.15) is 78.6 Å². The van der Waals surface area contributed by atoms with Crippen molar-refractivity contribution in [1.82, 2.24) is 4.90 Å². The Morgan fingerprint density at radius 1 is 0.944 bits per heavy atom. The van der Waals surface area contributed by atoms with Crippen molar-refractivity contribution < 1.29 is 4.79 Å². The third-order valence-electron chi connectivity index (χ3n) is 3.83. The largest absolute Gasteiger partial charge is 0.348 e. The van der Waals surface area contributed by atoms with Gasteiger partial charge in [0.15, 0.2) is 0 Å². The average molecular weight is 255 g/mol. The summed E-state index contributed by atoms with van der Waals surface area (Å²) < 4.78 is 0. The van der Waals surface area contributed by atoms with Gasteiger partial charge in [-0.3, -0.25) is 4.79 Å². The van der Waals surface area contributed by atoms with Crippen LogP contribution in [0.4, 0.5) is 0 Å². The van der Waals surface area contributed by atoms with E-state index in [0.29, 0.717) is 5.41 Å². The third kappa shape index (κ3) is 8.54. The SMILES string of the molecule is CCCCCCC(C)(CCCCC)CN(C)C=O. The van der Waals surface area contributed by atoms with Crippen molar-refractivity contribution in [2.24, 2.45) is 5.41 Å². The van der Waals surface area contributed by atoms with Gasteiger partial charge < -0.3 is 4.90 Å². The molecule has 2 nitrogen and oxygen atoms in total. The maximum absolute atomic E-state index is 10.8. The van der Waals surface area contributed by atoms with Gasteiger partial charge in [-0.2, -0.15) is 0 Å². The number of rotatable bonds is 12. The average Bonchev–Trinajstić information content (AvgIpc) is 2.35. The highest BCUT2D eigenvalue weighted by Gasteiger charge is 2.24. The summed E-state index contributed by atoms with van der Waals surface area (Å²) in [5, 5.41) is 0. The van der Waals surface area contributed by atoms with Gasteiger partial charge in [-0.1, -0.05) is 65.7 Å². The molecule has 0 spiro atoms. The van der Waals surface area contributed by atoms with Crippen LogP contribution in [0, 0.1) is 5.41 Å². The predicted molar refractivity (Wildman–Crippen MR) is 79.7 cm³/mol. The summed E-state index contributed by atoms with van der Waals surface area (Å²) in [6, 6.07) is 0. The minimum absolute atomic E-state index is 0.318. The molecule has 18 heavy (non-hydrogen) atoms. The van der Waals surface area contributed by atoms with E-state index in [2.05, 4.69) is 20.8 Å². The highest BCUT2D eigenvalue weighted by atomic mass is 16.1. The first-order valence-electron chi connectivity index (χ1n) is 7.73. The van der Waals surface area contributed by atoms with Crippen molar-refractivity contribution in [1.29, 1.82) is 0 Å². The molecule has 0 N–H and O–H groups in total. The molecular weight excluding hydrogens is 222 g/mol. The van der Waals surface area contributed by atoms with Crippen molar-refractivity contribution in [2.75, 3.05) is 13.6 Å². The van der Waals surface area contributed by atoms with Gasteiger partial charge >= 0.3 is 0 Å². The number of hydrogen-bond donors (Lipinski definition) is 0. The van der Waals surface area contributed by atoms with Crippen LogP contribution in [0.25, 0.3) is 0 Å². The molecule has 0 aromatic heterocycles. The molecule has 1 atom stereocenters. The van der Waals surface area contributed by atoms with E-state index in [9.17, 15) is 4.79 Å². The summed E-state index contributed by atoms with van der Waals surface area (Å²) >= 11 is 0. The normalized spacial score (nSPS) is 14.2. The molecule has 1 unspecified atom stereocenters. The van der Waals surface area contributed by atoms with E-state index in [4.69, 9.17) is 0 Å². The lowest BCUT2D eigenvalue weighted by Gasteiger charge is -2.33. The smallest absolute Gasteiger partial charge is 0.209 e. The highest BCUT2D eigenvalue weighted by molar-refractivity contribution is 5.46. The van der Waals surface area contributed by atoms with Gasteiger partial charge in [0.1, 0.15) is 0 Å². The first kappa shape index (κ1) is 17.5. The molecule has 108 valence electrons. The molecule has 0 heterocycles. The molecule has 0 aromatic carbocycles.